The SMILES string of the molecule is COC(=O)/C=C/C=C/C1CCCCS1.[C-]#[O+].[C-]#[O+].[C-]#[O+].[Fe]. The van der Waals surface area contributed by atoms with Crippen LogP contribution in [0.1, 0.15) is 19.3 Å². The smallest absolute Gasteiger partial charge is 0 e. The number of carbonyl (C=O) groups is 1. The zero-order valence-corrected chi connectivity index (χ0v) is 13.4. The van der Waals surface area contributed by atoms with Gasteiger partial charge in [0, 0.05) is 28.4 Å². The number of methoxy groups -OCH3 is 1. The Morgan fingerprint density at radius 2 is 1.71 bits per heavy atom. The summed E-state index contributed by atoms with van der Waals surface area (Å²) in [5.41, 5.74) is 0. The van der Waals surface area contributed by atoms with E-state index in [1.807, 2.05) is 17.8 Å². The van der Waals surface area contributed by atoms with Crippen molar-refractivity contribution in [2.45, 2.75) is 24.5 Å². The van der Waals surface area contributed by atoms with Crippen LogP contribution in [-0.2, 0) is 40.6 Å². The molecule has 0 bridgehead atoms. The van der Waals surface area contributed by atoms with Gasteiger partial charge in [0.25, 0.3) is 0 Å². The normalized spacial score (nSPS) is 15.7. The van der Waals surface area contributed by atoms with E-state index in [1.54, 1.807) is 6.08 Å². The molecule has 0 spiro atoms. The van der Waals surface area contributed by atoms with Gasteiger partial charge in [-0.05, 0) is 18.6 Å². The summed E-state index contributed by atoms with van der Waals surface area (Å²) in [4.78, 5) is 10.7. The van der Waals surface area contributed by atoms with E-state index in [9.17, 15) is 4.79 Å². The third kappa shape index (κ3) is 21.5. The Bertz CT molecular complexity index is 327. The van der Waals surface area contributed by atoms with Crippen LogP contribution in [0, 0.1) is 20.0 Å². The van der Waals surface area contributed by atoms with E-state index in [0.29, 0.717) is 5.25 Å². The van der Waals surface area contributed by atoms with E-state index < -0.39 is 0 Å². The molecule has 1 aliphatic heterocycles. The third-order valence-corrected chi connectivity index (χ3v) is 3.43. The van der Waals surface area contributed by atoms with E-state index in [-0.39, 0.29) is 23.0 Å². The Labute approximate surface area is 140 Å². The average Bonchev–Trinajstić information content (AvgIpc) is 2.58. The summed E-state index contributed by atoms with van der Waals surface area (Å²) in [7, 11) is 1.38. The van der Waals surface area contributed by atoms with Crippen molar-refractivity contribution < 1.29 is 40.6 Å². The van der Waals surface area contributed by atoms with E-state index in [2.05, 4.69) is 30.8 Å². The number of rotatable bonds is 3. The van der Waals surface area contributed by atoms with Crippen LogP contribution in [0.25, 0.3) is 0 Å². The number of hydrogen-bond acceptors (Lipinski definition) is 3. The summed E-state index contributed by atoms with van der Waals surface area (Å²) in [6.07, 6.45) is 11.2. The molecule has 7 heteroatoms. The number of hydrogen-bond donors (Lipinski definition) is 0. The molecule has 0 aromatic rings. The van der Waals surface area contributed by atoms with Gasteiger partial charge in [-0.1, -0.05) is 24.6 Å². The monoisotopic (exact) mass is 352 g/mol. The molecule has 1 aliphatic rings. The quantitative estimate of drug-likeness (QED) is 0.195. The van der Waals surface area contributed by atoms with Crippen LogP contribution in [0.3, 0.4) is 0 Å². The van der Waals surface area contributed by atoms with Crippen molar-refractivity contribution in [1.29, 1.82) is 0 Å². The molecule has 0 saturated carbocycles. The Balaban J connectivity index is -0.000000183. The first-order valence-electron chi connectivity index (χ1n) is 5.48. The molecule has 1 heterocycles. The van der Waals surface area contributed by atoms with Crippen LogP contribution in [0.15, 0.2) is 24.3 Å². The maximum Gasteiger partial charge on any atom is 0 e. The topological polar surface area (TPSA) is 86.0 Å². The van der Waals surface area contributed by atoms with Crippen molar-refractivity contribution in [3.8, 4) is 0 Å². The molecule has 5 nitrogen and oxygen atoms in total. The minimum absolute atomic E-state index is 0. The second-order valence-corrected chi connectivity index (χ2v) is 4.52. The summed E-state index contributed by atoms with van der Waals surface area (Å²) in [6, 6.07) is 0. The summed E-state index contributed by atoms with van der Waals surface area (Å²) in [6.45, 7) is 13.5. The van der Waals surface area contributed by atoms with E-state index in [1.165, 1.54) is 38.2 Å². The van der Waals surface area contributed by atoms with Gasteiger partial charge in [-0.25, -0.2) is 4.79 Å². The summed E-state index contributed by atoms with van der Waals surface area (Å²) < 4.78 is 27.0. The first-order valence-corrected chi connectivity index (χ1v) is 6.53. The average molecular weight is 352 g/mol. The Hall–Kier alpha value is -0.961. The van der Waals surface area contributed by atoms with Crippen LogP contribution in [-0.4, -0.2) is 24.1 Å². The summed E-state index contributed by atoms with van der Waals surface area (Å²) in [5.74, 6) is 0.960. The van der Waals surface area contributed by atoms with Crippen molar-refractivity contribution in [1.82, 2.24) is 0 Å². The molecule has 0 N–H and O–H groups in total. The molecule has 1 fully saturated rings. The Morgan fingerprint density at radius 3 is 2.14 bits per heavy atom. The van der Waals surface area contributed by atoms with Crippen LogP contribution in [0.2, 0.25) is 0 Å². The molecule has 1 unspecified atom stereocenters. The number of esters is 1. The standard InChI is InChI=1S/C11H16O2S.3CO.Fe/c1-13-11(12)8-3-2-6-10-7-4-5-9-14-10;3*1-2;/h2-3,6,8,10H,4-5,7,9H2,1H3;;;;/b6-2+,8-3+;;;;. The molecule has 0 aromatic heterocycles. The third-order valence-electron chi connectivity index (χ3n) is 2.09. The van der Waals surface area contributed by atoms with Gasteiger partial charge in [0.1, 0.15) is 0 Å². The first-order chi connectivity index (χ1) is 9.83. The number of allylic oxidation sites excluding steroid dienone is 2. The van der Waals surface area contributed by atoms with Gasteiger partial charge in [0.15, 0.2) is 0 Å². The maximum atomic E-state index is 10.7. The molecule has 1 rings (SSSR count). The van der Waals surface area contributed by atoms with Gasteiger partial charge in [0.05, 0.1) is 7.11 Å². The summed E-state index contributed by atoms with van der Waals surface area (Å²) in [5, 5.41) is 0.631. The van der Waals surface area contributed by atoms with Gasteiger partial charge in [-0.3, -0.25) is 0 Å². The van der Waals surface area contributed by atoms with E-state index in [4.69, 9.17) is 14.0 Å². The maximum absolute atomic E-state index is 10.7. The van der Waals surface area contributed by atoms with Crippen LogP contribution in [0.5, 0.6) is 0 Å². The van der Waals surface area contributed by atoms with Crippen LogP contribution < -0.4 is 0 Å². The fraction of sp³-hybridized carbons (Fsp3) is 0.429. The van der Waals surface area contributed by atoms with Gasteiger partial charge in [-0.2, -0.15) is 11.8 Å². The minimum Gasteiger partial charge on any atom is 0 e. The number of carbonyl (C=O) groups excluding carboxylic acids is 1. The van der Waals surface area contributed by atoms with Gasteiger partial charge in [0.2, 0.25) is 0 Å². The Morgan fingerprint density at radius 1 is 1.14 bits per heavy atom. The van der Waals surface area contributed by atoms with Crippen molar-refractivity contribution in [3.05, 3.63) is 44.3 Å². The molecule has 0 radical (unpaired) electrons. The van der Waals surface area contributed by atoms with E-state index in [0.717, 1.165) is 0 Å². The minimum atomic E-state index is -0.300. The molecule has 0 amide bonds. The predicted molar refractivity (Wildman–Crippen MR) is 72.2 cm³/mol. The molecule has 116 valence electrons. The van der Waals surface area contributed by atoms with Crippen LogP contribution in [0.4, 0.5) is 0 Å². The van der Waals surface area contributed by atoms with Gasteiger partial charge >= 0.3 is 39.9 Å². The molecular weight excluding hydrogens is 336 g/mol. The fourth-order valence-electron chi connectivity index (χ4n) is 1.31. The van der Waals surface area contributed by atoms with Crippen molar-refractivity contribution in [2.75, 3.05) is 12.9 Å². The van der Waals surface area contributed by atoms with Crippen molar-refractivity contribution in [2.24, 2.45) is 0 Å². The largest absolute Gasteiger partial charge is 0 e. The van der Waals surface area contributed by atoms with Crippen molar-refractivity contribution >= 4 is 17.7 Å². The molecule has 0 aromatic carbocycles. The number of ether oxygens (including phenoxy) is 1. The molecule has 21 heavy (non-hydrogen) atoms. The zero-order valence-electron chi connectivity index (χ0n) is 11.5. The zero-order chi connectivity index (χ0) is 16.2. The second-order valence-electron chi connectivity index (χ2n) is 3.17. The fourth-order valence-corrected chi connectivity index (χ4v) is 2.52. The molecule has 1 saturated heterocycles. The van der Waals surface area contributed by atoms with Gasteiger partial charge in [-0.15, -0.1) is 0 Å². The first kappa shape index (κ1) is 28.2. The predicted octanol–water partition coefficient (Wildman–Crippen LogP) is 2.44. The van der Waals surface area contributed by atoms with Crippen LogP contribution >= 0.6 is 11.8 Å². The molecule has 1 atom stereocenters. The van der Waals surface area contributed by atoms with Gasteiger partial charge < -0.3 is 4.74 Å². The summed E-state index contributed by atoms with van der Waals surface area (Å²) >= 11 is 1.99. The second kappa shape index (κ2) is 27.4. The Kier molecular flexibility index (Phi) is 36.8. The molecular formula is C14H16FeO5S. The molecule has 0 aliphatic carbocycles. The van der Waals surface area contributed by atoms with E-state index >= 15 is 0 Å². The number of thioether (sulfide) groups is 1. The van der Waals surface area contributed by atoms with Crippen molar-refractivity contribution in [3.63, 3.8) is 0 Å².